The summed E-state index contributed by atoms with van der Waals surface area (Å²) in [6.45, 7) is 7.10. The van der Waals surface area contributed by atoms with E-state index >= 15 is 0 Å². The lowest BCUT2D eigenvalue weighted by molar-refractivity contribution is -0.125. The van der Waals surface area contributed by atoms with Crippen molar-refractivity contribution in [2.24, 2.45) is 0 Å². The zero-order valence-corrected chi connectivity index (χ0v) is 11.6. The predicted molar refractivity (Wildman–Crippen MR) is 74.4 cm³/mol. The third-order valence-electron chi connectivity index (χ3n) is 2.71. The number of benzene rings is 1. The van der Waals surface area contributed by atoms with E-state index in [1.165, 1.54) is 0 Å². The molecule has 1 fully saturated rings. The van der Waals surface area contributed by atoms with Crippen molar-refractivity contribution in [2.45, 2.75) is 26.4 Å². The van der Waals surface area contributed by atoms with Crippen LogP contribution in [-0.2, 0) is 9.53 Å². The number of amides is 1. The Bertz CT molecular complexity index is 480. The fraction of sp³-hybridized carbons (Fsp3) is 0.500. The molecule has 1 aliphatic rings. The van der Waals surface area contributed by atoms with Crippen LogP contribution in [0.3, 0.4) is 0 Å². The number of carbonyl (C=O) groups is 1. The van der Waals surface area contributed by atoms with E-state index in [0.29, 0.717) is 24.6 Å². The molecular formula is C14H20N2O3. The fourth-order valence-electron chi connectivity index (χ4n) is 1.90. The van der Waals surface area contributed by atoms with Crippen LogP contribution in [0.15, 0.2) is 18.2 Å². The van der Waals surface area contributed by atoms with Crippen molar-refractivity contribution in [1.82, 2.24) is 0 Å². The number of morpholine rings is 1. The molecule has 5 heteroatoms. The van der Waals surface area contributed by atoms with Crippen LogP contribution in [0.5, 0.6) is 5.75 Å². The number of ether oxygens (including phenoxy) is 2. The van der Waals surface area contributed by atoms with E-state index in [-0.39, 0.29) is 18.1 Å². The van der Waals surface area contributed by atoms with Crippen LogP contribution in [0.2, 0.25) is 0 Å². The van der Waals surface area contributed by atoms with Crippen molar-refractivity contribution in [1.29, 1.82) is 0 Å². The molecule has 2 N–H and O–H groups in total. The summed E-state index contributed by atoms with van der Waals surface area (Å²) in [5, 5.41) is 0. The van der Waals surface area contributed by atoms with Gasteiger partial charge in [0, 0.05) is 18.3 Å². The summed E-state index contributed by atoms with van der Waals surface area (Å²) in [6, 6.07) is 5.40. The molecular weight excluding hydrogens is 244 g/mol. The Morgan fingerprint density at radius 3 is 2.74 bits per heavy atom. The average molecular weight is 264 g/mol. The van der Waals surface area contributed by atoms with Gasteiger partial charge in [-0.15, -0.1) is 0 Å². The average Bonchev–Trinajstić information content (AvgIpc) is 2.31. The number of nitrogen functional groups attached to an aromatic ring is 1. The van der Waals surface area contributed by atoms with Crippen molar-refractivity contribution in [3.05, 3.63) is 18.2 Å². The Hall–Kier alpha value is -1.75. The first-order valence-corrected chi connectivity index (χ1v) is 6.33. The van der Waals surface area contributed by atoms with Gasteiger partial charge in [-0.3, -0.25) is 4.79 Å². The minimum absolute atomic E-state index is 0.0438. The maximum Gasteiger partial charge on any atom is 0.253 e. The first-order valence-electron chi connectivity index (χ1n) is 6.33. The molecule has 2 rings (SSSR count). The lowest BCUT2D eigenvalue weighted by atomic mass is 10.1. The van der Waals surface area contributed by atoms with Crippen molar-refractivity contribution >= 4 is 17.3 Å². The molecule has 104 valence electrons. The Kier molecular flexibility index (Phi) is 3.66. The van der Waals surface area contributed by atoms with Gasteiger partial charge >= 0.3 is 0 Å². The van der Waals surface area contributed by atoms with Crippen LogP contribution in [0.25, 0.3) is 0 Å². The molecule has 0 aromatic heterocycles. The SMILES string of the molecule is CC(C)(C)Oc1cc(N2CCOCC2=O)ccc1N. The molecule has 1 aliphatic heterocycles. The Balaban J connectivity index is 2.27. The van der Waals surface area contributed by atoms with Gasteiger partial charge in [-0.2, -0.15) is 0 Å². The summed E-state index contributed by atoms with van der Waals surface area (Å²) in [4.78, 5) is 13.5. The minimum atomic E-state index is -0.332. The molecule has 1 heterocycles. The lowest BCUT2D eigenvalue weighted by Gasteiger charge is -2.28. The van der Waals surface area contributed by atoms with Crippen molar-refractivity contribution in [2.75, 3.05) is 30.4 Å². The minimum Gasteiger partial charge on any atom is -0.486 e. The van der Waals surface area contributed by atoms with Crippen molar-refractivity contribution < 1.29 is 14.3 Å². The van der Waals surface area contributed by atoms with Crippen LogP contribution < -0.4 is 15.4 Å². The molecule has 19 heavy (non-hydrogen) atoms. The van der Waals surface area contributed by atoms with E-state index < -0.39 is 0 Å². The van der Waals surface area contributed by atoms with E-state index in [9.17, 15) is 4.79 Å². The topological polar surface area (TPSA) is 64.8 Å². The smallest absolute Gasteiger partial charge is 0.253 e. The molecule has 1 amide bonds. The van der Waals surface area contributed by atoms with E-state index in [0.717, 1.165) is 5.69 Å². The highest BCUT2D eigenvalue weighted by Crippen LogP contribution is 2.31. The zero-order chi connectivity index (χ0) is 14.0. The highest BCUT2D eigenvalue weighted by atomic mass is 16.5. The summed E-state index contributed by atoms with van der Waals surface area (Å²) in [5.74, 6) is 0.557. The van der Waals surface area contributed by atoms with Gasteiger partial charge in [0.15, 0.2) is 0 Å². The van der Waals surface area contributed by atoms with Gasteiger partial charge in [0.05, 0.1) is 12.3 Å². The lowest BCUT2D eigenvalue weighted by Crippen LogP contribution is -2.41. The molecule has 0 radical (unpaired) electrons. The molecule has 0 atom stereocenters. The van der Waals surface area contributed by atoms with Crippen LogP contribution in [0.1, 0.15) is 20.8 Å². The number of nitrogens with two attached hydrogens (primary N) is 1. The monoisotopic (exact) mass is 264 g/mol. The molecule has 0 saturated carbocycles. The van der Waals surface area contributed by atoms with Gasteiger partial charge in [0.2, 0.25) is 0 Å². The zero-order valence-electron chi connectivity index (χ0n) is 11.6. The molecule has 1 aromatic rings. The Morgan fingerprint density at radius 1 is 1.37 bits per heavy atom. The van der Waals surface area contributed by atoms with Crippen LogP contribution >= 0.6 is 0 Å². The number of nitrogens with zero attached hydrogens (tertiary/aromatic N) is 1. The van der Waals surface area contributed by atoms with Gasteiger partial charge in [-0.25, -0.2) is 0 Å². The second-order valence-electron chi connectivity index (χ2n) is 5.53. The number of hydrogen-bond acceptors (Lipinski definition) is 4. The predicted octanol–water partition coefficient (Wildman–Crippen LogP) is 1.81. The summed E-state index contributed by atoms with van der Waals surface area (Å²) in [6.07, 6.45) is 0. The van der Waals surface area contributed by atoms with E-state index in [2.05, 4.69) is 0 Å². The Morgan fingerprint density at radius 2 is 2.11 bits per heavy atom. The normalized spacial score (nSPS) is 16.6. The van der Waals surface area contributed by atoms with E-state index in [1.807, 2.05) is 32.9 Å². The third-order valence-corrected chi connectivity index (χ3v) is 2.71. The highest BCUT2D eigenvalue weighted by Gasteiger charge is 2.22. The quantitative estimate of drug-likeness (QED) is 0.827. The van der Waals surface area contributed by atoms with Crippen LogP contribution in [0.4, 0.5) is 11.4 Å². The fourth-order valence-corrected chi connectivity index (χ4v) is 1.90. The molecule has 1 aromatic carbocycles. The van der Waals surface area contributed by atoms with Gasteiger partial charge in [0.1, 0.15) is 18.0 Å². The third kappa shape index (κ3) is 3.38. The van der Waals surface area contributed by atoms with Crippen molar-refractivity contribution in [3.8, 4) is 5.75 Å². The molecule has 0 bridgehead atoms. The van der Waals surface area contributed by atoms with Gasteiger partial charge in [-0.1, -0.05) is 0 Å². The summed E-state index contributed by atoms with van der Waals surface area (Å²) >= 11 is 0. The first-order chi connectivity index (χ1) is 8.87. The van der Waals surface area contributed by atoms with Gasteiger partial charge in [-0.05, 0) is 32.9 Å². The first kappa shape index (κ1) is 13.7. The maximum atomic E-state index is 11.8. The molecule has 0 unspecified atom stereocenters. The Labute approximate surface area is 113 Å². The number of anilines is 2. The summed E-state index contributed by atoms with van der Waals surface area (Å²) in [7, 11) is 0. The molecule has 1 saturated heterocycles. The number of rotatable bonds is 2. The standard InChI is InChI=1S/C14H20N2O3/c1-14(2,3)19-12-8-10(4-5-11(12)15)16-6-7-18-9-13(16)17/h4-5,8H,6-7,9,15H2,1-3H3. The molecule has 0 aliphatic carbocycles. The van der Waals surface area contributed by atoms with Crippen molar-refractivity contribution in [3.63, 3.8) is 0 Å². The highest BCUT2D eigenvalue weighted by molar-refractivity contribution is 5.95. The number of hydrogen-bond donors (Lipinski definition) is 1. The molecule has 5 nitrogen and oxygen atoms in total. The second-order valence-corrected chi connectivity index (χ2v) is 5.53. The molecule has 0 spiro atoms. The van der Waals surface area contributed by atoms with Crippen LogP contribution in [0, 0.1) is 0 Å². The summed E-state index contributed by atoms with van der Waals surface area (Å²) in [5.41, 5.74) is 6.94. The van der Waals surface area contributed by atoms with Gasteiger partial charge in [0.25, 0.3) is 5.91 Å². The second kappa shape index (κ2) is 5.09. The largest absolute Gasteiger partial charge is 0.486 e. The number of carbonyl (C=O) groups excluding carboxylic acids is 1. The van der Waals surface area contributed by atoms with Gasteiger partial charge < -0.3 is 20.1 Å². The van der Waals surface area contributed by atoms with E-state index in [1.54, 1.807) is 11.0 Å². The van der Waals surface area contributed by atoms with Crippen LogP contribution in [-0.4, -0.2) is 31.3 Å². The van der Waals surface area contributed by atoms with E-state index in [4.69, 9.17) is 15.2 Å². The maximum absolute atomic E-state index is 11.8. The summed E-state index contributed by atoms with van der Waals surface area (Å²) < 4.78 is 10.9.